The summed E-state index contributed by atoms with van der Waals surface area (Å²) in [7, 11) is 5.87. The summed E-state index contributed by atoms with van der Waals surface area (Å²) in [5, 5.41) is 3.99. The lowest BCUT2D eigenvalue weighted by molar-refractivity contribution is 0.256. The summed E-state index contributed by atoms with van der Waals surface area (Å²) < 4.78 is 5.80. The van der Waals surface area contributed by atoms with E-state index < -0.39 is 0 Å². The molecule has 0 unspecified atom stereocenters. The molecule has 0 saturated carbocycles. The molecular formula is C13H20N4OS. The molecule has 0 radical (unpaired) electrons. The van der Waals surface area contributed by atoms with Crippen LogP contribution in [0.15, 0.2) is 6.07 Å². The fraction of sp³-hybridized carbons (Fsp3) is 0.538. The molecule has 0 aromatic carbocycles. The molecule has 6 heteroatoms. The highest BCUT2D eigenvalue weighted by atomic mass is 32.1. The minimum atomic E-state index is 0.608. The minimum absolute atomic E-state index is 0.608. The van der Waals surface area contributed by atoms with Crippen molar-refractivity contribution in [3.8, 4) is 5.88 Å². The largest absolute Gasteiger partial charge is 0.476 e. The van der Waals surface area contributed by atoms with E-state index in [2.05, 4.69) is 33.2 Å². The number of aromatic nitrogens is 2. The van der Waals surface area contributed by atoms with Gasteiger partial charge in [0.15, 0.2) is 0 Å². The highest BCUT2D eigenvalue weighted by Gasteiger charge is 2.12. The summed E-state index contributed by atoms with van der Waals surface area (Å²) in [5.41, 5.74) is 0. The van der Waals surface area contributed by atoms with Crippen LogP contribution in [0, 0.1) is 0 Å². The zero-order valence-electron chi connectivity index (χ0n) is 11.9. The van der Waals surface area contributed by atoms with Crippen molar-refractivity contribution >= 4 is 27.5 Å². The van der Waals surface area contributed by atoms with Gasteiger partial charge in [0.25, 0.3) is 0 Å². The van der Waals surface area contributed by atoms with Crippen molar-refractivity contribution in [3.63, 3.8) is 0 Å². The van der Waals surface area contributed by atoms with Crippen molar-refractivity contribution < 1.29 is 4.74 Å². The SMILES string of the molecule is CCc1cc2c(OCCN(C)C)nc(NC)nc2s1. The second-order valence-corrected chi connectivity index (χ2v) is 5.65. The molecular weight excluding hydrogens is 260 g/mol. The predicted molar refractivity (Wildman–Crippen MR) is 80.4 cm³/mol. The average Bonchev–Trinajstić information content (AvgIpc) is 2.81. The lowest BCUT2D eigenvalue weighted by atomic mass is 10.3. The smallest absolute Gasteiger partial charge is 0.227 e. The second kappa shape index (κ2) is 6.16. The number of nitrogens with zero attached hydrogens (tertiary/aromatic N) is 3. The maximum absolute atomic E-state index is 5.80. The molecule has 0 fully saturated rings. The molecule has 19 heavy (non-hydrogen) atoms. The van der Waals surface area contributed by atoms with Crippen molar-refractivity contribution in [1.82, 2.24) is 14.9 Å². The molecule has 2 aromatic rings. The third-order valence-corrected chi connectivity index (χ3v) is 3.93. The van der Waals surface area contributed by atoms with E-state index in [4.69, 9.17) is 4.74 Å². The summed E-state index contributed by atoms with van der Waals surface area (Å²) in [6.45, 7) is 3.63. The number of nitrogens with one attached hydrogen (secondary N) is 1. The monoisotopic (exact) mass is 280 g/mol. The van der Waals surface area contributed by atoms with Gasteiger partial charge < -0.3 is 15.0 Å². The molecule has 0 aliphatic carbocycles. The van der Waals surface area contributed by atoms with Gasteiger partial charge in [0.05, 0.1) is 5.39 Å². The third kappa shape index (κ3) is 3.33. The third-order valence-electron chi connectivity index (χ3n) is 2.76. The first-order chi connectivity index (χ1) is 9.13. The zero-order valence-corrected chi connectivity index (χ0v) is 12.7. The molecule has 5 nitrogen and oxygen atoms in total. The number of anilines is 1. The Bertz CT molecular complexity index is 553. The van der Waals surface area contributed by atoms with Gasteiger partial charge in [-0.1, -0.05) is 6.92 Å². The number of hydrogen-bond acceptors (Lipinski definition) is 6. The Labute approximate surface area is 117 Å². The molecule has 2 heterocycles. The summed E-state index contributed by atoms with van der Waals surface area (Å²) in [6.07, 6.45) is 1.01. The average molecular weight is 280 g/mol. The predicted octanol–water partition coefficient (Wildman–Crippen LogP) is 2.24. The maximum atomic E-state index is 5.80. The Kier molecular flexibility index (Phi) is 4.55. The van der Waals surface area contributed by atoms with E-state index in [1.807, 2.05) is 21.1 Å². The van der Waals surface area contributed by atoms with Crippen molar-refractivity contribution in [3.05, 3.63) is 10.9 Å². The lowest BCUT2D eigenvalue weighted by Gasteiger charge is -2.11. The Morgan fingerprint density at radius 2 is 2.16 bits per heavy atom. The number of rotatable bonds is 6. The molecule has 0 aliphatic rings. The van der Waals surface area contributed by atoms with Crippen LogP contribution in [0.1, 0.15) is 11.8 Å². The van der Waals surface area contributed by atoms with E-state index in [-0.39, 0.29) is 0 Å². The van der Waals surface area contributed by atoms with Gasteiger partial charge in [0.2, 0.25) is 11.8 Å². The van der Waals surface area contributed by atoms with Gasteiger partial charge in [0.1, 0.15) is 11.4 Å². The van der Waals surface area contributed by atoms with Gasteiger partial charge in [-0.15, -0.1) is 11.3 Å². The fourth-order valence-electron chi connectivity index (χ4n) is 1.67. The molecule has 0 bridgehead atoms. The van der Waals surface area contributed by atoms with E-state index in [0.29, 0.717) is 18.4 Å². The number of thiophene rings is 1. The quantitative estimate of drug-likeness (QED) is 0.879. The summed E-state index contributed by atoms with van der Waals surface area (Å²) in [5.74, 6) is 1.28. The molecule has 0 saturated heterocycles. The van der Waals surface area contributed by atoms with E-state index in [9.17, 15) is 0 Å². The second-order valence-electron chi connectivity index (χ2n) is 4.54. The van der Waals surface area contributed by atoms with Crippen LogP contribution in [0.5, 0.6) is 5.88 Å². The fourth-order valence-corrected chi connectivity index (χ4v) is 2.62. The first-order valence-electron chi connectivity index (χ1n) is 6.39. The van der Waals surface area contributed by atoms with Crippen molar-refractivity contribution in [2.45, 2.75) is 13.3 Å². The van der Waals surface area contributed by atoms with Gasteiger partial charge in [-0.25, -0.2) is 4.98 Å². The number of likely N-dealkylation sites (N-methyl/N-ethyl adjacent to an activating group) is 1. The zero-order chi connectivity index (χ0) is 13.8. The topological polar surface area (TPSA) is 50.3 Å². The first kappa shape index (κ1) is 14.0. The molecule has 2 aromatic heterocycles. The number of hydrogen-bond donors (Lipinski definition) is 1. The van der Waals surface area contributed by atoms with E-state index in [1.54, 1.807) is 11.3 Å². The van der Waals surface area contributed by atoms with Crippen LogP contribution in [0.4, 0.5) is 5.95 Å². The lowest BCUT2D eigenvalue weighted by Crippen LogP contribution is -2.19. The Morgan fingerprint density at radius 3 is 2.79 bits per heavy atom. The number of fused-ring (bicyclic) bond motifs is 1. The molecule has 0 spiro atoms. The maximum Gasteiger partial charge on any atom is 0.227 e. The van der Waals surface area contributed by atoms with Gasteiger partial charge in [-0.2, -0.15) is 4.98 Å². The summed E-state index contributed by atoms with van der Waals surface area (Å²) in [4.78, 5) is 13.2. The molecule has 104 valence electrons. The van der Waals surface area contributed by atoms with Crippen LogP contribution in [-0.2, 0) is 6.42 Å². The number of ether oxygens (including phenoxy) is 1. The Hall–Kier alpha value is -1.40. The van der Waals surface area contributed by atoms with Crippen molar-refractivity contribution in [2.75, 3.05) is 39.6 Å². The van der Waals surface area contributed by atoms with E-state index in [1.165, 1.54) is 4.88 Å². The van der Waals surface area contributed by atoms with Crippen LogP contribution >= 0.6 is 11.3 Å². The first-order valence-corrected chi connectivity index (χ1v) is 7.21. The van der Waals surface area contributed by atoms with Gasteiger partial charge in [0, 0.05) is 18.5 Å². The minimum Gasteiger partial charge on any atom is -0.476 e. The van der Waals surface area contributed by atoms with Crippen LogP contribution in [0.3, 0.4) is 0 Å². The normalized spacial score (nSPS) is 11.2. The van der Waals surface area contributed by atoms with E-state index in [0.717, 1.165) is 23.2 Å². The van der Waals surface area contributed by atoms with Gasteiger partial charge in [-0.3, -0.25) is 0 Å². The number of aryl methyl sites for hydroxylation is 1. The van der Waals surface area contributed by atoms with Crippen molar-refractivity contribution in [2.24, 2.45) is 0 Å². The Morgan fingerprint density at radius 1 is 1.37 bits per heavy atom. The van der Waals surface area contributed by atoms with Gasteiger partial charge >= 0.3 is 0 Å². The molecule has 0 amide bonds. The van der Waals surface area contributed by atoms with E-state index >= 15 is 0 Å². The molecule has 0 aliphatic heterocycles. The van der Waals surface area contributed by atoms with Crippen LogP contribution in [0.25, 0.3) is 10.2 Å². The van der Waals surface area contributed by atoms with Crippen LogP contribution in [0.2, 0.25) is 0 Å². The summed E-state index contributed by atoms with van der Waals surface area (Å²) in [6, 6.07) is 2.13. The highest BCUT2D eigenvalue weighted by molar-refractivity contribution is 7.18. The molecule has 2 rings (SSSR count). The highest BCUT2D eigenvalue weighted by Crippen LogP contribution is 2.31. The van der Waals surface area contributed by atoms with Crippen molar-refractivity contribution in [1.29, 1.82) is 0 Å². The standard InChI is InChI=1S/C13H20N4OS/c1-5-9-8-10-11(18-7-6-17(3)4)15-13(14-2)16-12(10)19-9/h8H,5-7H2,1-4H3,(H,14,15,16). The Balaban J connectivity index is 2.30. The van der Waals surface area contributed by atoms with Gasteiger partial charge in [-0.05, 0) is 26.6 Å². The van der Waals surface area contributed by atoms with Crippen LogP contribution in [-0.4, -0.2) is 49.2 Å². The summed E-state index contributed by atoms with van der Waals surface area (Å²) >= 11 is 1.70. The van der Waals surface area contributed by atoms with Crippen LogP contribution < -0.4 is 10.1 Å². The molecule has 1 N–H and O–H groups in total. The molecule has 0 atom stereocenters.